The fourth-order valence-corrected chi connectivity index (χ4v) is 2.02. The maximum Gasteiger partial charge on any atom is 0.499 e. The SMILES string of the molecule is CC(C)(C)OC(=O)Cc1ccc(B(O)O)s1. The van der Waals surface area contributed by atoms with Gasteiger partial charge < -0.3 is 14.8 Å². The normalized spacial score (nSPS) is 11.3. The smallest absolute Gasteiger partial charge is 0.460 e. The maximum atomic E-state index is 11.5. The molecule has 0 saturated carbocycles. The van der Waals surface area contributed by atoms with Crippen LogP contribution in [0, 0.1) is 0 Å². The molecule has 0 aliphatic rings. The van der Waals surface area contributed by atoms with Gasteiger partial charge in [0.15, 0.2) is 0 Å². The predicted molar refractivity (Wildman–Crippen MR) is 63.7 cm³/mol. The summed E-state index contributed by atoms with van der Waals surface area (Å²) in [6.07, 6.45) is 0.161. The number of hydrogen-bond donors (Lipinski definition) is 2. The molecule has 0 amide bonds. The van der Waals surface area contributed by atoms with Gasteiger partial charge in [0.25, 0.3) is 0 Å². The van der Waals surface area contributed by atoms with Crippen molar-refractivity contribution >= 4 is 29.2 Å². The molecular weight excluding hydrogens is 227 g/mol. The molecule has 0 unspecified atom stereocenters. The molecular formula is C10H15BO4S. The fraction of sp³-hybridized carbons (Fsp3) is 0.500. The van der Waals surface area contributed by atoms with E-state index in [1.165, 1.54) is 11.3 Å². The molecule has 4 nitrogen and oxygen atoms in total. The van der Waals surface area contributed by atoms with Crippen molar-refractivity contribution in [3.63, 3.8) is 0 Å². The molecule has 16 heavy (non-hydrogen) atoms. The minimum atomic E-state index is -1.47. The van der Waals surface area contributed by atoms with E-state index in [0.29, 0.717) is 4.78 Å². The van der Waals surface area contributed by atoms with Crippen LogP contribution in [-0.2, 0) is 16.0 Å². The third-order valence-electron chi connectivity index (χ3n) is 1.68. The molecule has 2 N–H and O–H groups in total. The van der Waals surface area contributed by atoms with Gasteiger partial charge in [0.2, 0.25) is 0 Å². The quantitative estimate of drug-likeness (QED) is 0.591. The zero-order valence-electron chi connectivity index (χ0n) is 9.56. The highest BCUT2D eigenvalue weighted by atomic mass is 32.1. The molecule has 0 saturated heterocycles. The van der Waals surface area contributed by atoms with Crippen molar-refractivity contribution in [3.8, 4) is 0 Å². The molecule has 6 heteroatoms. The molecule has 1 aromatic rings. The fourth-order valence-electron chi connectivity index (χ4n) is 1.15. The molecule has 1 aromatic heterocycles. The Kier molecular flexibility index (Phi) is 4.12. The van der Waals surface area contributed by atoms with E-state index in [-0.39, 0.29) is 12.4 Å². The Balaban J connectivity index is 2.57. The lowest BCUT2D eigenvalue weighted by Crippen LogP contribution is -2.26. The first-order chi connectivity index (χ1) is 7.28. The Morgan fingerprint density at radius 3 is 2.50 bits per heavy atom. The summed E-state index contributed by atoms with van der Waals surface area (Å²) in [5, 5.41) is 17.8. The van der Waals surface area contributed by atoms with Crippen LogP contribution < -0.4 is 4.78 Å². The Labute approximate surface area is 99.0 Å². The van der Waals surface area contributed by atoms with E-state index in [0.717, 1.165) is 4.88 Å². The predicted octanol–water partition coefficient (Wildman–Crippen LogP) is 0.312. The Morgan fingerprint density at radius 2 is 2.06 bits per heavy atom. The number of rotatable bonds is 3. The lowest BCUT2D eigenvalue weighted by Gasteiger charge is -2.19. The average molecular weight is 242 g/mol. The van der Waals surface area contributed by atoms with E-state index < -0.39 is 12.7 Å². The lowest BCUT2D eigenvalue weighted by molar-refractivity contribution is -0.153. The average Bonchev–Trinajstić information content (AvgIpc) is 2.48. The number of carbonyl (C=O) groups is 1. The van der Waals surface area contributed by atoms with Gasteiger partial charge in [0, 0.05) is 9.65 Å². The van der Waals surface area contributed by atoms with Gasteiger partial charge in [0.05, 0.1) is 6.42 Å². The van der Waals surface area contributed by atoms with Gasteiger partial charge in [-0.2, -0.15) is 0 Å². The monoisotopic (exact) mass is 242 g/mol. The highest BCUT2D eigenvalue weighted by molar-refractivity contribution is 7.22. The van der Waals surface area contributed by atoms with Crippen molar-refractivity contribution in [2.24, 2.45) is 0 Å². The summed E-state index contributed by atoms with van der Waals surface area (Å²) < 4.78 is 5.58. The number of hydrogen-bond acceptors (Lipinski definition) is 5. The second-order valence-corrected chi connectivity index (χ2v) is 5.64. The summed E-state index contributed by atoms with van der Waals surface area (Å²) in [4.78, 5) is 12.2. The van der Waals surface area contributed by atoms with Crippen LogP contribution >= 0.6 is 11.3 Å². The molecule has 0 atom stereocenters. The van der Waals surface area contributed by atoms with Gasteiger partial charge in [-0.05, 0) is 26.8 Å². The minimum absolute atomic E-state index is 0.161. The summed E-state index contributed by atoms with van der Waals surface area (Å²) in [5.74, 6) is -0.312. The molecule has 1 rings (SSSR count). The molecule has 0 fully saturated rings. The van der Waals surface area contributed by atoms with Gasteiger partial charge in [-0.15, -0.1) is 11.3 Å². The largest absolute Gasteiger partial charge is 0.499 e. The number of carbonyl (C=O) groups excluding carboxylic acids is 1. The van der Waals surface area contributed by atoms with Crippen LogP contribution in [0.2, 0.25) is 0 Å². The molecule has 0 aliphatic carbocycles. The molecule has 0 spiro atoms. The number of ether oxygens (including phenoxy) is 1. The molecule has 0 aromatic carbocycles. The van der Waals surface area contributed by atoms with E-state index in [1.807, 2.05) is 20.8 Å². The van der Waals surface area contributed by atoms with Gasteiger partial charge in [0.1, 0.15) is 5.60 Å². The van der Waals surface area contributed by atoms with Crippen molar-refractivity contribution in [3.05, 3.63) is 17.0 Å². The van der Waals surface area contributed by atoms with E-state index in [4.69, 9.17) is 14.8 Å². The summed E-state index contributed by atoms with van der Waals surface area (Å²) in [5.41, 5.74) is -0.492. The standard InChI is InChI=1S/C10H15BO4S/c1-10(2,3)15-9(12)6-7-4-5-8(16-7)11(13)14/h4-5,13-14H,6H2,1-3H3. The van der Waals surface area contributed by atoms with Crippen LogP contribution in [0.4, 0.5) is 0 Å². The third kappa shape index (κ3) is 4.34. The van der Waals surface area contributed by atoms with Gasteiger partial charge in [-0.1, -0.05) is 6.07 Å². The summed E-state index contributed by atoms with van der Waals surface area (Å²) >= 11 is 1.19. The Morgan fingerprint density at radius 1 is 1.44 bits per heavy atom. The summed E-state index contributed by atoms with van der Waals surface area (Å²) in [6.45, 7) is 5.42. The van der Waals surface area contributed by atoms with E-state index in [2.05, 4.69) is 0 Å². The first-order valence-electron chi connectivity index (χ1n) is 4.94. The topological polar surface area (TPSA) is 66.8 Å². The zero-order valence-corrected chi connectivity index (χ0v) is 10.4. The Bertz CT molecular complexity index is 367. The van der Waals surface area contributed by atoms with Crippen LogP contribution in [0.25, 0.3) is 0 Å². The van der Waals surface area contributed by atoms with Crippen molar-refractivity contribution in [2.75, 3.05) is 0 Å². The maximum absolute atomic E-state index is 11.5. The molecule has 0 bridgehead atoms. The first-order valence-corrected chi connectivity index (χ1v) is 5.76. The van der Waals surface area contributed by atoms with Gasteiger partial charge >= 0.3 is 13.1 Å². The van der Waals surface area contributed by atoms with E-state index in [9.17, 15) is 4.79 Å². The number of thiophene rings is 1. The van der Waals surface area contributed by atoms with E-state index >= 15 is 0 Å². The van der Waals surface area contributed by atoms with E-state index in [1.54, 1.807) is 12.1 Å². The molecule has 1 heterocycles. The van der Waals surface area contributed by atoms with Gasteiger partial charge in [-0.25, -0.2) is 0 Å². The summed E-state index contributed by atoms with van der Waals surface area (Å²) in [6, 6.07) is 3.29. The summed E-state index contributed by atoms with van der Waals surface area (Å²) in [7, 11) is -1.47. The highest BCUT2D eigenvalue weighted by Crippen LogP contribution is 2.12. The number of esters is 1. The third-order valence-corrected chi connectivity index (χ3v) is 2.80. The van der Waals surface area contributed by atoms with Crippen molar-refractivity contribution in [1.29, 1.82) is 0 Å². The first kappa shape index (κ1) is 13.2. The van der Waals surface area contributed by atoms with Crippen LogP contribution in [-0.4, -0.2) is 28.7 Å². The molecule has 88 valence electrons. The van der Waals surface area contributed by atoms with Crippen molar-refractivity contribution in [1.82, 2.24) is 0 Å². The van der Waals surface area contributed by atoms with Crippen LogP contribution in [0.1, 0.15) is 25.6 Å². The molecule has 0 aliphatic heterocycles. The lowest BCUT2D eigenvalue weighted by atomic mass is 9.90. The van der Waals surface area contributed by atoms with Crippen LogP contribution in [0.3, 0.4) is 0 Å². The van der Waals surface area contributed by atoms with Crippen LogP contribution in [0.15, 0.2) is 12.1 Å². The second-order valence-electron chi connectivity index (χ2n) is 4.44. The highest BCUT2D eigenvalue weighted by Gasteiger charge is 2.19. The molecule has 0 radical (unpaired) electrons. The van der Waals surface area contributed by atoms with Crippen LogP contribution in [0.5, 0.6) is 0 Å². The minimum Gasteiger partial charge on any atom is -0.460 e. The Hall–Kier alpha value is -0.845. The van der Waals surface area contributed by atoms with Crippen molar-refractivity contribution < 1.29 is 19.6 Å². The van der Waals surface area contributed by atoms with Gasteiger partial charge in [-0.3, -0.25) is 4.79 Å². The van der Waals surface area contributed by atoms with Crippen molar-refractivity contribution in [2.45, 2.75) is 32.8 Å². The second kappa shape index (κ2) is 4.99. The zero-order chi connectivity index (χ0) is 12.3.